The number of ketones is 1. The van der Waals surface area contributed by atoms with E-state index in [1.54, 1.807) is 0 Å². The van der Waals surface area contributed by atoms with Gasteiger partial charge in [0.25, 0.3) is 0 Å². The summed E-state index contributed by atoms with van der Waals surface area (Å²) < 4.78 is 0. The molecule has 0 N–H and O–H groups in total. The van der Waals surface area contributed by atoms with Gasteiger partial charge in [-0.3, -0.25) is 4.79 Å². The molecule has 2 rings (SSSR count). The first kappa shape index (κ1) is 10.4. The molecule has 1 saturated carbocycles. The van der Waals surface area contributed by atoms with Crippen molar-refractivity contribution in [3.05, 3.63) is 34.9 Å². The Labute approximate surface area is 91.5 Å². The highest BCUT2D eigenvalue weighted by atomic mass is 16.1. The second-order valence-electron chi connectivity index (χ2n) is 4.66. The van der Waals surface area contributed by atoms with E-state index in [1.807, 2.05) is 0 Å². The summed E-state index contributed by atoms with van der Waals surface area (Å²) in [6.45, 7) is 4.25. The number of rotatable bonds is 4. The van der Waals surface area contributed by atoms with Gasteiger partial charge in [0, 0.05) is 12.3 Å². The van der Waals surface area contributed by atoms with Crippen molar-refractivity contribution >= 4 is 5.78 Å². The first-order valence-electron chi connectivity index (χ1n) is 5.75. The molecule has 1 nitrogen and oxygen atoms in total. The van der Waals surface area contributed by atoms with E-state index in [2.05, 4.69) is 32.0 Å². The summed E-state index contributed by atoms with van der Waals surface area (Å²) in [4.78, 5) is 11.5. The van der Waals surface area contributed by atoms with Crippen LogP contribution in [0, 0.1) is 19.8 Å². The monoisotopic (exact) mass is 202 g/mol. The van der Waals surface area contributed by atoms with E-state index in [4.69, 9.17) is 0 Å². The Kier molecular flexibility index (Phi) is 2.90. The van der Waals surface area contributed by atoms with Gasteiger partial charge in [0.15, 0.2) is 0 Å². The fourth-order valence-electron chi connectivity index (χ4n) is 1.84. The van der Waals surface area contributed by atoms with Crippen LogP contribution in [0.15, 0.2) is 18.2 Å². The molecule has 0 aliphatic heterocycles. The van der Waals surface area contributed by atoms with E-state index < -0.39 is 0 Å². The Hall–Kier alpha value is -1.11. The number of hydrogen-bond acceptors (Lipinski definition) is 1. The number of aryl methyl sites for hydroxylation is 3. The maximum Gasteiger partial charge on any atom is 0.136 e. The smallest absolute Gasteiger partial charge is 0.136 e. The molecule has 1 aromatic carbocycles. The van der Waals surface area contributed by atoms with Crippen LogP contribution in [0.4, 0.5) is 0 Å². The highest BCUT2D eigenvalue weighted by Crippen LogP contribution is 2.31. The van der Waals surface area contributed by atoms with E-state index in [0.29, 0.717) is 11.7 Å². The van der Waals surface area contributed by atoms with Gasteiger partial charge in [0.1, 0.15) is 5.78 Å². The van der Waals surface area contributed by atoms with Crippen molar-refractivity contribution in [1.29, 1.82) is 0 Å². The molecular formula is C14H18O. The standard InChI is InChI=1S/C14H18O/c1-10-3-4-12(9-11(10)2)5-8-14(15)13-6-7-13/h3-4,9,13H,5-8H2,1-2H3. The molecule has 0 amide bonds. The lowest BCUT2D eigenvalue weighted by Crippen LogP contribution is -2.02. The van der Waals surface area contributed by atoms with Gasteiger partial charge in [-0.15, -0.1) is 0 Å². The maximum atomic E-state index is 11.5. The predicted molar refractivity (Wildman–Crippen MR) is 62.0 cm³/mol. The van der Waals surface area contributed by atoms with Crippen molar-refractivity contribution in [2.24, 2.45) is 5.92 Å². The predicted octanol–water partition coefficient (Wildman–Crippen LogP) is 3.22. The van der Waals surface area contributed by atoms with E-state index in [1.165, 1.54) is 16.7 Å². The van der Waals surface area contributed by atoms with Crippen LogP contribution >= 0.6 is 0 Å². The van der Waals surface area contributed by atoms with Crippen LogP contribution in [0.25, 0.3) is 0 Å². The average Bonchev–Trinajstić information content (AvgIpc) is 3.03. The van der Waals surface area contributed by atoms with Crippen molar-refractivity contribution in [3.63, 3.8) is 0 Å². The van der Waals surface area contributed by atoms with E-state index in [0.717, 1.165) is 25.7 Å². The lowest BCUT2D eigenvalue weighted by molar-refractivity contribution is -0.120. The molecule has 0 unspecified atom stereocenters. The third kappa shape index (κ3) is 2.68. The highest BCUT2D eigenvalue weighted by molar-refractivity contribution is 5.83. The van der Waals surface area contributed by atoms with Crippen molar-refractivity contribution < 1.29 is 4.79 Å². The minimum Gasteiger partial charge on any atom is -0.299 e. The Bertz CT molecular complexity index is 375. The molecule has 0 atom stereocenters. The molecule has 0 aromatic heterocycles. The third-order valence-corrected chi connectivity index (χ3v) is 3.26. The van der Waals surface area contributed by atoms with E-state index >= 15 is 0 Å². The second kappa shape index (κ2) is 4.18. The molecule has 0 saturated heterocycles. The molecule has 1 aliphatic rings. The zero-order chi connectivity index (χ0) is 10.8. The van der Waals surface area contributed by atoms with Crippen LogP contribution < -0.4 is 0 Å². The van der Waals surface area contributed by atoms with Crippen LogP contribution in [-0.4, -0.2) is 5.78 Å². The quantitative estimate of drug-likeness (QED) is 0.732. The van der Waals surface area contributed by atoms with E-state index in [-0.39, 0.29) is 0 Å². The van der Waals surface area contributed by atoms with Gasteiger partial charge in [-0.2, -0.15) is 0 Å². The van der Waals surface area contributed by atoms with Gasteiger partial charge in [0.2, 0.25) is 0 Å². The highest BCUT2D eigenvalue weighted by Gasteiger charge is 2.28. The van der Waals surface area contributed by atoms with Gasteiger partial charge in [-0.1, -0.05) is 18.2 Å². The fraction of sp³-hybridized carbons (Fsp3) is 0.500. The first-order valence-corrected chi connectivity index (χ1v) is 5.75. The van der Waals surface area contributed by atoms with Gasteiger partial charge in [-0.05, 0) is 49.8 Å². The molecule has 1 fully saturated rings. The SMILES string of the molecule is Cc1ccc(CCC(=O)C2CC2)cc1C. The zero-order valence-corrected chi connectivity index (χ0v) is 9.55. The normalized spacial score (nSPS) is 15.3. The number of benzene rings is 1. The molecule has 1 aromatic rings. The number of hydrogen-bond donors (Lipinski definition) is 0. The Morgan fingerprint density at radius 1 is 1.27 bits per heavy atom. The fourth-order valence-corrected chi connectivity index (χ4v) is 1.84. The number of Topliss-reactive ketones (excluding diaryl/α,β-unsaturated/α-hetero) is 1. The van der Waals surface area contributed by atoms with Crippen molar-refractivity contribution in [2.45, 2.75) is 39.5 Å². The van der Waals surface area contributed by atoms with Gasteiger partial charge in [-0.25, -0.2) is 0 Å². The summed E-state index contributed by atoms with van der Waals surface area (Å²) >= 11 is 0. The Morgan fingerprint density at radius 2 is 2.00 bits per heavy atom. The Morgan fingerprint density at radius 3 is 2.60 bits per heavy atom. The minimum absolute atomic E-state index is 0.413. The van der Waals surface area contributed by atoms with Gasteiger partial charge < -0.3 is 0 Å². The summed E-state index contributed by atoms with van der Waals surface area (Å²) in [5.41, 5.74) is 3.95. The molecule has 0 bridgehead atoms. The zero-order valence-electron chi connectivity index (χ0n) is 9.55. The molecule has 0 spiro atoms. The molecule has 0 heterocycles. The first-order chi connectivity index (χ1) is 7.16. The van der Waals surface area contributed by atoms with Gasteiger partial charge in [0.05, 0.1) is 0 Å². The summed E-state index contributed by atoms with van der Waals surface area (Å²) in [7, 11) is 0. The maximum absolute atomic E-state index is 11.5. The summed E-state index contributed by atoms with van der Waals surface area (Å²) in [5, 5.41) is 0. The van der Waals surface area contributed by atoms with Crippen molar-refractivity contribution in [1.82, 2.24) is 0 Å². The molecule has 15 heavy (non-hydrogen) atoms. The van der Waals surface area contributed by atoms with Crippen LogP contribution in [0.5, 0.6) is 0 Å². The van der Waals surface area contributed by atoms with Crippen molar-refractivity contribution in [2.75, 3.05) is 0 Å². The average molecular weight is 202 g/mol. The summed E-state index contributed by atoms with van der Waals surface area (Å²) in [6.07, 6.45) is 3.90. The molecule has 80 valence electrons. The number of carbonyl (C=O) groups is 1. The lowest BCUT2D eigenvalue weighted by atomic mass is 10.0. The molecule has 1 heteroatoms. The summed E-state index contributed by atoms with van der Waals surface area (Å²) in [6, 6.07) is 6.49. The van der Waals surface area contributed by atoms with Crippen LogP contribution in [0.1, 0.15) is 36.0 Å². The minimum atomic E-state index is 0.413. The molecule has 0 radical (unpaired) electrons. The second-order valence-corrected chi connectivity index (χ2v) is 4.66. The lowest BCUT2D eigenvalue weighted by Gasteiger charge is -2.04. The van der Waals surface area contributed by atoms with Gasteiger partial charge >= 0.3 is 0 Å². The van der Waals surface area contributed by atoms with Crippen LogP contribution in [0.3, 0.4) is 0 Å². The van der Waals surface area contributed by atoms with Crippen molar-refractivity contribution in [3.8, 4) is 0 Å². The third-order valence-electron chi connectivity index (χ3n) is 3.26. The number of carbonyl (C=O) groups excluding carboxylic acids is 1. The van der Waals surface area contributed by atoms with Crippen LogP contribution in [-0.2, 0) is 11.2 Å². The Balaban J connectivity index is 1.92. The summed E-state index contributed by atoms with van der Waals surface area (Å²) in [5.74, 6) is 0.879. The topological polar surface area (TPSA) is 17.1 Å². The molecular weight excluding hydrogens is 184 g/mol. The van der Waals surface area contributed by atoms with Crippen LogP contribution in [0.2, 0.25) is 0 Å². The largest absolute Gasteiger partial charge is 0.299 e. The molecule has 1 aliphatic carbocycles. The van der Waals surface area contributed by atoms with E-state index in [9.17, 15) is 4.79 Å².